The van der Waals surface area contributed by atoms with Gasteiger partial charge in [0.2, 0.25) is 17.8 Å². The van der Waals surface area contributed by atoms with Crippen LogP contribution < -0.4 is 16.0 Å². The zero-order chi connectivity index (χ0) is 74.6. The number of aromatic nitrogens is 11. The SMILES string of the molecule is CCCCCCCCNc1nc(NCCCCCCCC)nc(Nc2ccc3c4nc5nc(nc6[nH]c(nc7nc(nc([nH]4)c3c2)-c2cc(SCCCCCC)c(SCCCCCC)cc2-7)c2cc(SCCCCCC)c(SCCCCCC)cc62)-c2cc(SCCCCCC)c(SCCCCCC)cc2-5)n1. The maximum Gasteiger partial charge on any atom is 0.233 e. The molecular weight excluding hydrogens is 1430 g/mol. The molecule has 0 fully saturated rings. The molecule has 20 heteroatoms. The van der Waals surface area contributed by atoms with Gasteiger partial charge in [0.25, 0.3) is 0 Å². The van der Waals surface area contributed by atoms with E-state index in [-0.39, 0.29) is 0 Å². The van der Waals surface area contributed by atoms with Gasteiger partial charge < -0.3 is 25.9 Å². The number of hydrogen-bond donors (Lipinski definition) is 5. The second-order valence-corrected chi connectivity index (χ2v) is 36.0. The van der Waals surface area contributed by atoms with E-state index in [0.29, 0.717) is 52.4 Å². The molecule has 0 amide bonds. The van der Waals surface area contributed by atoms with Crippen LogP contribution in [-0.2, 0) is 0 Å². The zero-order valence-corrected chi connectivity index (χ0v) is 71.2. The summed E-state index contributed by atoms with van der Waals surface area (Å²) in [6.45, 7) is 19.9. The topological polar surface area (TPSA) is 184 Å². The van der Waals surface area contributed by atoms with Crippen LogP contribution in [0.3, 0.4) is 0 Å². The Morgan fingerprint density at radius 3 is 0.832 bits per heavy atom. The van der Waals surface area contributed by atoms with Gasteiger partial charge in [0.1, 0.15) is 22.6 Å². The molecule has 4 aromatic heterocycles. The van der Waals surface area contributed by atoms with Crippen LogP contribution >= 0.6 is 70.6 Å². The summed E-state index contributed by atoms with van der Waals surface area (Å²) in [7, 11) is 0. The molecule has 14 nitrogen and oxygen atoms in total. The number of fused-ring (bicyclic) bond motifs is 20. The molecule has 0 unspecified atom stereocenters. The van der Waals surface area contributed by atoms with Crippen LogP contribution in [-0.4, -0.2) is 102 Å². The van der Waals surface area contributed by atoms with E-state index in [1.54, 1.807) is 0 Å². The van der Waals surface area contributed by atoms with Crippen molar-refractivity contribution in [2.45, 2.75) is 316 Å². The Morgan fingerprint density at radius 2 is 0.514 bits per heavy atom. The number of anilines is 4. The van der Waals surface area contributed by atoms with Crippen LogP contribution in [0.1, 0.15) is 287 Å². The maximum atomic E-state index is 5.79. The summed E-state index contributed by atoms with van der Waals surface area (Å²) in [5.41, 5.74) is 7.51. The van der Waals surface area contributed by atoms with Crippen molar-refractivity contribution in [3.8, 4) is 45.6 Å². The standard InChI is InChI=1S/C87H126N14S6/c1-9-17-25-33-35-37-47-88-85-99-86(89-48-38-36-34-26-18-10-2)101-87(100-85)90-62-45-46-63-64(55-62)78-91-77(63)92-79-65-56-71(102-49-39-27-19-11-3)72(103-50-40-28-20-12-4)57-66(65)81(94-79)96-83-69-60-75(106-53-43-31-23-15-7)76(107-54-44-32-24-16-8)61-70(69)84(98-83)97-82-68-59-74(105-52-42-30-22-14-6)73(104-51-41-29-21-13-5)58-67(68)80(93-78)95-82/h45-46,55-61H,9-44,47-54H2,1-8H3,(H3,88,89,90,99,100,101)(H2,91,92,93,94,95,96,97,98). The van der Waals surface area contributed by atoms with Crippen molar-refractivity contribution in [1.82, 2.24) is 54.8 Å². The van der Waals surface area contributed by atoms with E-state index in [0.717, 1.165) is 121 Å². The first-order valence-electron chi connectivity index (χ1n) is 42.0. The van der Waals surface area contributed by atoms with Crippen LogP contribution in [0.15, 0.2) is 84.0 Å². The average Bonchev–Trinajstić information content (AvgIpc) is 1.60. The molecule has 4 aromatic carbocycles. The summed E-state index contributed by atoms with van der Waals surface area (Å²) in [4.78, 5) is 64.8. The van der Waals surface area contributed by atoms with Crippen molar-refractivity contribution >= 4 is 138 Å². The second kappa shape index (κ2) is 47.2. The molecule has 0 aliphatic carbocycles. The van der Waals surface area contributed by atoms with Crippen LogP contribution in [0.4, 0.5) is 23.5 Å². The molecule has 0 radical (unpaired) electrons. The van der Waals surface area contributed by atoms with Crippen molar-refractivity contribution in [3.63, 3.8) is 0 Å². The average molecular weight is 1560 g/mol. The van der Waals surface area contributed by atoms with Crippen molar-refractivity contribution in [2.24, 2.45) is 0 Å². The van der Waals surface area contributed by atoms with Crippen molar-refractivity contribution in [1.29, 1.82) is 0 Å². The Balaban J connectivity index is 1.21. The van der Waals surface area contributed by atoms with E-state index < -0.39 is 0 Å². The lowest BCUT2D eigenvalue weighted by Gasteiger charge is -2.12. The Morgan fingerprint density at radius 1 is 0.252 bits per heavy atom. The molecule has 0 saturated heterocycles. The van der Waals surface area contributed by atoms with Crippen LogP contribution in [0.25, 0.3) is 89.7 Å². The molecule has 107 heavy (non-hydrogen) atoms. The number of benzene rings is 4. The molecule has 0 atom stereocenters. The molecule has 2 aliphatic heterocycles. The maximum absolute atomic E-state index is 5.79. The number of rotatable bonds is 54. The number of nitrogens with one attached hydrogen (secondary N) is 5. The smallest absolute Gasteiger partial charge is 0.233 e. The highest BCUT2D eigenvalue weighted by Gasteiger charge is 2.27. The number of thioether (sulfide) groups is 6. The molecule has 0 saturated carbocycles. The lowest BCUT2D eigenvalue weighted by atomic mass is 10.1. The van der Waals surface area contributed by atoms with Gasteiger partial charge in [-0.2, -0.15) is 15.0 Å². The summed E-state index contributed by atoms with van der Waals surface area (Å²) < 4.78 is 0. The molecule has 580 valence electrons. The zero-order valence-electron chi connectivity index (χ0n) is 66.3. The number of hydrogen-bond acceptors (Lipinski definition) is 18. The number of unbranched alkanes of at least 4 members (excludes halogenated alkanes) is 28. The van der Waals surface area contributed by atoms with E-state index in [1.165, 1.54) is 248 Å². The van der Waals surface area contributed by atoms with Gasteiger partial charge in [0, 0.05) is 91.9 Å². The van der Waals surface area contributed by atoms with E-state index in [4.69, 9.17) is 44.9 Å². The molecule has 2 aliphatic rings. The number of H-pyrrole nitrogens is 2. The second-order valence-electron chi connectivity index (χ2n) is 29.2. The Labute approximate surface area is 667 Å². The molecule has 8 aromatic rings. The predicted molar refractivity (Wildman–Crippen MR) is 472 cm³/mol. The largest absolute Gasteiger partial charge is 0.354 e. The third kappa shape index (κ3) is 25.6. The minimum atomic E-state index is 0.463. The summed E-state index contributed by atoms with van der Waals surface area (Å²) in [6, 6.07) is 20.8. The van der Waals surface area contributed by atoms with Gasteiger partial charge in [-0.05, 0) is 140 Å². The monoisotopic (exact) mass is 1560 g/mol. The fourth-order valence-electron chi connectivity index (χ4n) is 13.8. The van der Waals surface area contributed by atoms with Crippen LogP contribution in [0.5, 0.6) is 0 Å². The van der Waals surface area contributed by atoms with Gasteiger partial charge >= 0.3 is 0 Å². The lowest BCUT2D eigenvalue weighted by molar-refractivity contribution is 0.615. The number of nitrogens with zero attached hydrogens (tertiary/aromatic N) is 9. The quantitative estimate of drug-likeness (QED) is 0.0179. The minimum Gasteiger partial charge on any atom is -0.354 e. The van der Waals surface area contributed by atoms with E-state index >= 15 is 0 Å². The van der Waals surface area contributed by atoms with Crippen molar-refractivity contribution in [3.05, 3.63) is 54.6 Å². The fourth-order valence-corrected chi connectivity index (χ4v) is 20.6. The Hall–Kier alpha value is -5.25. The predicted octanol–water partition coefficient (Wildman–Crippen LogP) is 28.4. The highest BCUT2D eigenvalue weighted by Crippen LogP contribution is 2.47. The Kier molecular flexibility index (Phi) is 37.1. The van der Waals surface area contributed by atoms with Gasteiger partial charge in [-0.3, -0.25) is 0 Å². The van der Waals surface area contributed by atoms with Crippen LogP contribution in [0.2, 0.25) is 0 Å². The molecule has 6 heterocycles. The Bertz CT molecular complexity index is 4160. The third-order valence-corrected chi connectivity index (χ3v) is 27.3. The van der Waals surface area contributed by atoms with E-state index in [2.05, 4.69) is 136 Å². The summed E-state index contributed by atoms with van der Waals surface area (Å²) in [5, 5.41) is 14.7. The highest BCUT2D eigenvalue weighted by atomic mass is 32.2. The van der Waals surface area contributed by atoms with Gasteiger partial charge in [0.05, 0.1) is 0 Å². The first kappa shape index (κ1) is 84.2. The highest BCUT2D eigenvalue weighted by molar-refractivity contribution is 8.03. The molecule has 10 rings (SSSR count). The molecule has 5 N–H and O–H groups in total. The lowest BCUT2D eigenvalue weighted by Crippen LogP contribution is -2.12. The number of aromatic amines is 2. The molecule has 0 spiro atoms. The van der Waals surface area contributed by atoms with Gasteiger partial charge in [-0.15, -0.1) is 70.6 Å². The summed E-state index contributed by atoms with van der Waals surface area (Å²) in [5.74, 6) is 10.4. The summed E-state index contributed by atoms with van der Waals surface area (Å²) >= 11 is 11.9. The van der Waals surface area contributed by atoms with Gasteiger partial charge in [0.15, 0.2) is 23.3 Å². The fraction of sp³-hybridized carbons (Fsp3) is 0.598. The third-order valence-electron chi connectivity index (χ3n) is 20.1. The van der Waals surface area contributed by atoms with Crippen LogP contribution in [0, 0.1) is 0 Å². The first-order valence-corrected chi connectivity index (χ1v) is 48.0. The van der Waals surface area contributed by atoms with Gasteiger partial charge in [-0.25, -0.2) is 29.9 Å². The molecular formula is C87H126N14S6. The molecule has 8 bridgehead atoms. The van der Waals surface area contributed by atoms with Crippen molar-refractivity contribution in [2.75, 3.05) is 63.6 Å². The van der Waals surface area contributed by atoms with E-state index in [9.17, 15) is 0 Å². The first-order chi connectivity index (χ1) is 52.8. The minimum absolute atomic E-state index is 0.463. The van der Waals surface area contributed by atoms with Gasteiger partial charge in [-0.1, -0.05) is 235 Å². The normalized spacial score (nSPS) is 11.9. The van der Waals surface area contributed by atoms with E-state index in [1.807, 2.05) is 70.6 Å². The van der Waals surface area contributed by atoms with Crippen molar-refractivity contribution < 1.29 is 0 Å². The summed E-state index contributed by atoms with van der Waals surface area (Å²) in [6.07, 6.45) is 43.8.